The van der Waals surface area contributed by atoms with E-state index in [0.29, 0.717) is 16.6 Å². The molecular weight excluding hydrogens is 466 g/mol. The van der Waals surface area contributed by atoms with E-state index in [0.717, 1.165) is 34.7 Å². The molecule has 0 aliphatic heterocycles. The summed E-state index contributed by atoms with van der Waals surface area (Å²) >= 11 is 5.94. The van der Waals surface area contributed by atoms with Gasteiger partial charge >= 0.3 is 0 Å². The fourth-order valence-electron chi connectivity index (χ4n) is 3.50. The van der Waals surface area contributed by atoms with Crippen molar-refractivity contribution in [2.45, 2.75) is 50.8 Å². The zero-order valence-electron chi connectivity index (χ0n) is 19.7. The van der Waals surface area contributed by atoms with Gasteiger partial charge < -0.3 is 0 Å². The first-order valence-corrected chi connectivity index (χ1v) is 13.3. The van der Waals surface area contributed by atoms with Gasteiger partial charge in [0, 0.05) is 11.1 Å². The van der Waals surface area contributed by atoms with Crippen molar-refractivity contribution in [3.63, 3.8) is 0 Å². The number of amides is 1. The van der Waals surface area contributed by atoms with Gasteiger partial charge in [-0.25, -0.2) is 8.42 Å². The fourth-order valence-corrected chi connectivity index (χ4v) is 5.02. The Morgan fingerprint density at radius 2 is 1.56 bits per heavy atom. The van der Waals surface area contributed by atoms with Crippen LogP contribution in [0.5, 0.6) is 0 Å². The van der Waals surface area contributed by atoms with Gasteiger partial charge in [0.1, 0.15) is 0 Å². The second kappa shape index (κ2) is 11.5. The van der Waals surface area contributed by atoms with E-state index in [9.17, 15) is 13.2 Å². The van der Waals surface area contributed by atoms with Crippen LogP contribution in [0, 0.1) is 0 Å². The van der Waals surface area contributed by atoms with Gasteiger partial charge in [0.25, 0.3) is 15.9 Å². The van der Waals surface area contributed by atoms with Crippen LogP contribution in [0.15, 0.2) is 83.8 Å². The molecule has 0 radical (unpaired) electrons. The highest BCUT2D eigenvalue weighted by molar-refractivity contribution is 7.93. The van der Waals surface area contributed by atoms with Gasteiger partial charge in [-0.2, -0.15) is 4.31 Å². The van der Waals surface area contributed by atoms with E-state index < -0.39 is 15.9 Å². The lowest BCUT2D eigenvalue weighted by Crippen LogP contribution is -2.35. The molecule has 0 N–H and O–H groups in total. The molecule has 0 unspecified atom stereocenters. The highest BCUT2D eigenvalue weighted by atomic mass is 35.5. The van der Waals surface area contributed by atoms with Crippen LogP contribution >= 0.6 is 11.6 Å². The van der Waals surface area contributed by atoms with Gasteiger partial charge in [-0.15, -0.1) is 0 Å². The van der Waals surface area contributed by atoms with Crippen molar-refractivity contribution < 1.29 is 13.2 Å². The van der Waals surface area contributed by atoms with Gasteiger partial charge in [0.2, 0.25) is 0 Å². The first-order valence-electron chi connectivity index (χ1n) is 11.4. The van der Waals surface area contributed by atoms with E-state index in [4.69, 9.17) is 11.6 Å². The third-order valence-electron chi connectivity index (χ3n) is 5.56. The average molecular weight is 496 g/mol. The molecule has 3 aromatic carbocycles. The Hall–Kier alpha value is -2.89. The number of aryl methyl sites for hydroxylation is 1. The molecule has 3 rings (SSSR count). The summed E-state index contributed by atoms with van der Waals surface area (Å²) in [4.78, 5) is 13.3. The van der Waals surface area contributed by atoms with Crippen molar-refractivity contribution in [2.75, 3.05) is 4.31 Å². The molecule has 0 aliphatic carbocycles. The molecule has 6 heteroatoms. The van der Waals surface area contributed by atoms with E-state index >= 15 is 0 Å². The quantitative estimate of drug-likeness (QED) is 0.294. The van der Waals surface area contributed by atoms with Gasteiger partial charge in [-0.3, -0.25) is 4.79 Å². The zero-order valence-corrected chi connectivity index (χ0v) is 21.3. The molecule has 0 spiro atoms. The van der Waals surface area contributed by atoms with Crippen molar-refractivity contribution in [1.82, 2.24) is 0 Å². The molecule has 0 saturated heterocycles. The third-order valence-corrected chi connectivity index (χ3v) is 7.55. The molecule has 34 heavy (non-hydrogen) atoms. The standard InChI is InChI=1S/C28H30ClNO3S/c1-4-5-6-22-9-16-26(17-10-22)30(34(32,33)27-18-14-25(29)15-19-27)28(31)20-11-23-7-12-24(13-8-23)21(2)3/h7-21H,4-6H2,1-3H3/b20-11+. The minimum atomic E-state index is -4.15. The van der Waals surface area contributed by atoms with Gasteiger partial charge in [0.05, 0.1) is 10.6 Å². The molecule has 4 nitrogen and oxygen atoms in total. The highest BCUT2D eigenvalue weighted by Crippen LogP contribution is 2.26. The Bertz CT molecular complexity index is 1230. The number of anilines is 1. The summed E-state index contributed by atoms with van der Waals surface area (Å²) in [6.07, 6.45) is 5.94. The predicted molar refractivity (Wildman–Crippen MR) is 141 cm³/mol. The summed E-state index contributed by atoms with van der Waals surface area (Å²) in [7, 11) is -4.15. The van der Waals surface area contributed by atoms with Crippen LogP contribution in [0.3, 0.4) is 0 Å². The van der Waals surface area contributed by atoms with E-state index in [-0.39, 0.29) is 4.90 Å². The Kier molecular flexibility index (Phi) is 8.70. The average Bonchev–Trinajstić information content (AvgIpc) is 2.82. The molecule has 0 aromatic heterocycles. The number of unbranched alkanes of at least 4 members (excludes halogenated alkanes) is 1. The number of sulfonamides is 1. The normalized spacial score (nSPS) is 11.8. The molecule has 0 aliphatic rings. The first kappa shape index (κ1) is 25.7. The summed E-state index contributed by atoms with van der Waals surface area (Å²) in [5.41, 5.74) is 3.40. The van der Waals surface area contributed by atoms with E-state index in [1.807, 2.05) is 36.4 Å². The number of carbonyl (C=O) groups is 1. The molecule has 0 atom stereocenters. The molecule has 0 saturated carbocycles. The Balaban J connectivity index is 1.96. The van der Waals surface area contributed by atoms with Crippen molar-refractivity contribution in [2.24, 2.45) is 0 Å². The number of hydrogen-bond acceptors (Lipinski definition) is 3. The minimum absolute atomic E-state index is 0.00463. The van der Waals surface area contributed by atoms with Crippen molar-refractivity contribution in [1.29, 1.82) is 0 Å². The molecule has 0 heterocycles. The molecule has 0 bridgehead atoms. The maximum atomic E-state index is 13.5. The maximum absolute atomic E-state index is 13.5. The Morgan fingerprint density at radius 1 is 0.941 bits per heavy atom. The van der Waals surface area contributed by atoms with E-state index in [1.165, 1.54) is 35.9 Å². The fraction of sp³-hybridized carbons (Fsp3) is 0.250. The SMILES string of the molecule is CCCCc1ccc(N(C(=O)/C=C/c2ccc(C(C)C)cc2)S(=O)(=O)c2ccc(Cl)cc2)cc1. The molecule has 1 amide bonds. The van der Waals surface area contributed by atoms with Gasteiger partial charge in [0.15, 0.2) is 0 Å². The summed E-state index contributed by atoms with van der Waals surface area (Å²) in [6.45, 7) is 6.35. The lowest BCUT2D eigenvalue weighted by molar-refractivity contribution is -0.113. The monoisotopic (exact) mass is 495 g/mol. The molecule has 3 aromatic rings. The van der Waals surface area contributed by atoms with Gasteiger partial charge in [-0.1, -0.05) is 75.2 Å². The van der Waals surface area contributed by atoms with Crippen LogP contribution in [0.1, 0.15) is 56.2 Å². The Labute approximate surface area is 207 Å². The first-order chi connectivity index (χ1) is 16.2. The van der Waals surface area contributed by atoms with Crippen LogP contribution in [0.4, 0.5) is 5.69 Å². The van der Waals surface area contributed by atoms with Crippen LogP contribution in [-0.4, -0.2) is 14.3 Å². The smallest absolute Gasteiger partial charge is 0.268 e. The molecular formula is C28H30ClNO3S. The summed E-state index contributed by atoms with van der Waals surface area (Å²) in [5, 5.41) is 0.418. The largest absolute Gasteiger partial charge is 0.271 e. The number of hydrogen-bond donors (Lipinski definition) is 0. The van der Waals surface area contributed by atoms with E-state index in [2.05, 4.69) is 20.8 Å². The number of nitrogens with zero attached hydrogens (tertiary/aromatic N) is 1. The van der Waals surface area contributed by atoms with Crippen molar-refractivity contribution in [3.8, 4) is 0 Å². The minimum Gasteiger partial charge on any atom is -0.268 e. The van der Waals surface area contributed by atoms with Crippen molar-refractivity contribution >= 4 is 39.3 Å². The number of benzene rings is 3. The number of rotatable bonds is 9. The zero-order chi connectivity index (χ0) is 24.7. The lowest BCUT2D eigenvalue weighted by Gasteiger charge is -2.22. The number of carbonyl (C=O) groups excluding carboxylic acids is 1. The summed E-state index contributed by atoms with van der Waals surface area (Å²) in [5.74, 6) is -0.246. The summed E-state index contributed by atoms with van der Waals surface area (Å²) < 4.78 is 27.8. The van der Waals surface area contributed by atoms with Crippen LogP contribution in [0.2, 0.25) is 5.02 Å². The van der Waals surface area contributed by atoms with Gasteiger partial charge in [-0.05, 0) is 77.9 Å². The predicted octanol–water partition coefficient (Wildman–Crippen LogP) is 7.24. The maximum Gasteiger partial charge on any atom is 0.271 e. The second-order valence-corrected chi connectivity index (χ2v) is 10.7. The topological polar surface area (TPSA) is 54.5 Å². The molecule has 178 valence electrons. The highest BCUT2D eigenvalue weighted by Gasteiger charge is 2.29. The second-order valence-electron chi connectivity index (χ2n) is 8.49. The van der Waals surface area contributed by atoms with Crippen LogP contribution in [0.25, 0.3) is 6.08 Å². The Morgan fingerprint density at radius 3 is 2.12 bits per heavy atom. The van der Waals surface area contributed by atoms with E-state index in [1.54, 1.807) is 18.2 Å². The van der Waals surface area contributed by atoms with Crippen LogP contribution in [-0.2, 0) is 21.2 Å². The third kappa shape index (κ3) is 6.37. The lowest BCUT2D eigenvalue weighted by atomic mass is 10.0. The van der Waals surface area contributed by atoms with Crippen LogP contribution < -0.4 is 4.31 Å². The summed E-state index contributed by atoms with van der Waals surface area (Å²) in [6, 6.07) is 20.8. The number of halogens is 1. The van der Waals surface area contributed by atoms with Crippen molar-refractivity contribution in [3.05, 3.63) is 101 Å². The molecule has 0 fully saturated rings.